The molecule has 1 saturated heterocycles. The monoisotopic (exact) mass is 371 g/mol. The summed E-state index contributed by atoms with van der Waals surface area (Å²) in [4.78, 5) is 27.9. The van der Waals surface area contributed by atoms with E-state index in [-0.39, 0.29) is 11.7 Å². The molecular formula is C22H21N5O. The molecule has 4 rings (SSSR count). The van der Waals surface area contributed by atoms with Crippen molar-refractivity contribution in [1.29, 1.82) is 5.26 Å². The lowest BCUT2D eigenvalue weighted by Crippen LogP contribution is -2.34. The Morgan fingerprint density at radius 1 is 1.11 bits per heavy atom. The molecule has 0 N–H and O–H groups in total. The number of hydrogen-bond acceptors (Lipinski definition) is 6. The first kappa shape index (κ1) is 18.2. The van der Waals surface area contributed by atoms with Crippen molar-refractivity contribution >= 4 is 16.7 Å². The number of ketones is 1. The zero-order valence-corrected chi connectivity index (χ0v) is 15.8. The minimum Gasteiger partial charge on any atom is -0.306 e. The third-order valence-electron chi connectivity index (χ3n) is 5.35. The molecule has 0 unspecified atom stereocenters. The van der Waals surface area contributed by atoms with E-state index in [0.29, 0.717) is 12.0 Å². The van der Waals surface area contributed by atoms with Crippen LogP contribution in [0, 0.1) is 17.2 Å². The van der Waals surface area contributed by atoms with Crippen LogP contribution in [0.5, 0.6) is 0 Å². The number of piperidine rings is 1. The van der Waals surface area contributed by atoms with Crippen LogP contribution < -0.4 is 0 Å². The number of carbonyl (C=O) groups is 1. The Labute approximate surface area is 163 Å². The summed E-state index contributed by atoms with van der Waals surface area (Å²) >= 11 is 0. The van der Waals surface area contributed by atoms with Gasteiger partial charge in [0.2, 0.25) is 0 Å². The highest BCUT2D eigenvalue weighted by molar-refractivity contribution is 5.86. The Bertz CT molecular complexity index is 1060. The molecule has 0 bridgehead atoms. The van der Waals surface area contributed by atoms with E-state index >= 15 is 0 Å². The molecule has 0 amide bonds. The minimum atomic E-state index is 0.137. The van der Waals surface area contributed by atoms with Crippen molar-refractivity contribution in [3.63, 3.8) is 0 Å². The van der Waals surface area contributed by atoms with Gasteiger partial charge in [-0.2, -0.15) is 5.26 Å². The second kappa shape index (κ2) is 7.83. The Morgan fingerprint density at radius 3 is 2.68 bits per heavy atom. The van der Waals surface area contributed by atoms with Crippen molar-refractivity contribution in [2.75, 3.05) is 20.1 Å². The predicted molar refractivity (Wildman–Crippen MR) is 106 cm³/mol. The molecule has 0 radical (unpaired) electrons. The van der Waals surface area contributed by atoms with Crippen LogP contribution in [0.2, 0.25) is 0 Å². The Hall–Kier alpha value is -3.17. The maximum absolute atomic E-state index is 12.7. The largest absolute Gasteiger partial charge is 0.306 e. The molecule has 4 heterocycles. The molecule has 1 aliphatic heterocycles. The van der Waals surface area contributed by atoms with Crippen molar-refractivity contribution in [3.05, 3.63) is 54.2 Å². The van der Waals surface area contributed by atoms with Gasteiger partial charge in [0.1, 0.15) is 11.9 Å². The van der Waals surface area contributed by atoms with Gasteiger partial charge in [-0.3, -0.25) is 19.7 Å². The molecule has 0 spiro atoms. The van der Waals surface area contributed by atoms with Crippen molar-refractivity contribution in [3.8, 4) is 17.2 Å². The average Bonchev–Trinajstić information content (AvgIpc) is 2.73. The first-order chi connectivity index (χ1) is 13.6. The quantitative estimate of drug-likeness (QED) is 0.701. The van der Waals surface area contributed by atoms with E-state index in [1.165, 1.54) is 6.20 Å². The van der Waals surface area contributed by atoms with E-state index in [4.69, 9.17) is 5.26 Å². The van der Waals surface area contributed by atoms with Crippen LogP contribution in [-0.2, 0) is 11.2 Å². The predicted octanol–water partition coefficient (Wildman–Crippen LogP) is 3.02. The topological polar surface area (TPSA) is 82.8 Å². The Morgan fingerprint density at radius 2 is 1.89 bits per heavy atom. The molecular weight excluding hydrogens is 350 g/mol. The van der Waals surface area contributed by atoms with Gasteiger partial charge >= 0.3 is 0 Å². The van der Waals surface area contributed by atoms with Crippen LogP contribution in [0.1, 0.15) is 24.1 Å². The van der Waals surface area contributed by atoms with Gasteiger partial charge < -0.3 is 4.90 Å². The van der Waals surface area contributed by atoms with Crippen molar-refractivity contribution in [1.82, 2.24) is 19.9 Å². The maximum Gasteiger partial charge on any atom is 0.142 e. The number of nitriles is 1. The lowest BCUT2D eigenvalue weighted by Gasteiger charge is -2.27. The molecule has 6 heteroatoms. The van der Waals surface area contributed by atoms with Crippen LogP contribution in [0.4, 0.5) is 0 Å². The van der Waals surface area contributed by atoms with Gasteiger partial charge in [-0.15, -0.1) is 0 Å². The number of aromatic nitrogens is 3. The third-order valence-corrected chi connectivity index (χ3v) is 5.35. The van der Waals surface area contributed by atoms with Crippen molar-refractivity contribution in [2.45, 2.75) is 19.3 Å². The lowest BCUT2D eigenvalue weighted by molar-refractivity contribution is -0.123. The molecule has 1 aliphatic rings. The Kier molecular flexibility index (Phi) is 5.09. The molecule has 140 valence electrons. The molecule has 3 aromatic rings. The highest BCUT2D eigenvalue weighted by Crippen LogP contribution is 2.24. The summed E-state index contributed by atoms with van der Waals surface area (Å²) in [6.45, 7) is 1.95. The molecule has 0 atom stereocenters. The average molecular weight is 371 g/mol. The smallest absolute Gasteiger partial charge is 0.142 e. The summed E-state index contributed by atoms with van der Waals surface area (Å²) in [5.74, 6) is 0.410. The van der Waals surface area contributed by atoms with Crippen LogP contribution in [0.25, 0.3) is 22.0 Å². The van der Waals surface area contributed by atoms with E-state index < -0.39 is 0 Å². The number of fused-ring (bicyclic) bond motifs is 1. The van der Waals surface area contributed by atoms with E-state index in [1.54, 1.807) is 24.7 Å². The molecule has 1 fully saturated rings. The van der Waals surface area contributed by atoms with Crippen molar-refractivity contribution in [2.24, 2.45) is 5.92 Å². The number of Topliss-reactive ketones (excluding diaryl/α,β-unsaturated/α-hetero) is 1. The SMILES string of the molecule is CN1CCC(C(=O)Cc2cc3cc(-c4cncc(C#N)c4)cnc3cn2)CC1. The molecule has 28 heavy (non-hydrogen) atoms. The fraction of sp³-hybridized carbons (Fsp3) is 0.318. The van der Waals surface area contributed by atoms with Gasteiger partial charge in [0.15, 0.2) is 0 Å². The fourth-order valence-electron chi connectivity index (χ4n) is 3.64. The van der Waals surface area contributed by atoms with E-state index in [9.17, 15) is 4.79 Å². The number of pyridine rings is 3. The van der Waals surface area contributed by atoms with Crippen molar-refractivity contribution < 1.29 is 4.79 Å². The number of hydrogen-bond donors (Lipinski definition) is 0. The Balaban J connectivity index is 1.57. The normalized spacial score (nSPS) is 15.4. The minimum absolute atomic E-state index is 0.137. The second-order valence-corrected chi connectivity index (χ2v) is 7.39. The lowest BCUT2D eigenvalue weighted by atomic mass is 9.90. The number of carbonyl (C=O) groups excluding carboxylic acids is 1. The first-order valence-corrected chi connectivity index (χ1v) is 9.44. The summed E-state index contributed by atoms with van der Waals surface area (Å²) in [5.41, 5.74) is 3.80. The first-order valence-electron chi connectivity index (χ1n) is 9.44. The zero-order chi connectivity index (χ0) is 19.5. The number of nitrogens with zero attached hydrogens (tertiary/aromatic N) is 5. The summed E-state index contributed by atoms with van der Waals surface area (Å²) in [7, 11) is 2.10. The van der Waals surface area contributed by atoms with Gasteiger partial charge in [-0.1, -0.05) is 0 Å². The van der Waals surface area contributed by atoms with Gasteiger partial charge in [0, 0.05) is 53.1 Å². The maximum atomic E-state index is 12.7. The molecule has 6 nitrogen and oxygen atoms in total. The summed E-state index contributed by atoms with van der Waals surface area (Å²) in [5, 5.41) is 10.0. The van der Waals surface area contributed by atoms with E-state index in [2.05, 4.69) is 33.0 Å². The highest BCUT2D eigenvalue weighted by atomic mass is 16.1. The van der Waals surface area contributed by atoms with Gasteiger partial charge in [-0.25, -0.2) is 0 Å². The number of rotatable bonds is 4. The van der Waals surface area contributed by atoms with E-state index in [1.807, 2.05) is 12.1 Å². The molecule has 0 aromatic carbocycles. The summed E-state index contributed by atoms with van der Waals surface area (Å²) < 4.78 is 0. The van der Waals surface area contributed by atoms with Crippen LogP contribution in [-0.4, -0.2) is 45.8 Å². The van der Waals surface area contributed by atoms with E-state index in [0.717, 1.165) is 53.7 Å². The van der Waals surface area contributed by atoms with Crippen LogP contribution >= 0.6 is 0 Å². The van der Waals surface area contributed by atoms with Gasteiger partial charge in [0.25, 0.3) is 0 Å². The molecule has 0 saturated carbocycles. The third kappa shape index (κ3) is 3.90. The molecule has 3 aromatic heterocycles. The molecule has 0 aliphatic carbocycles. The summed E-state index contributed by atoms with van der Waals surface area (Å²) in [6, 6.07) is 7.85. The standard InChI is InChI=1S/C22H21N5O/c1-27-4-2-16(3-5-27)22(28)9-20-8-17-7-19(13-26-21(17)14-25-20)18-6-15(10-23)11-24-12-18/h6-8,11-14,16H,2-5,9H2,1H3. The second-order valence-electron chi connectivity index (χ2n) is 7.39. The van der Waals surface area contributed by atoms with Crippen LogP contribution in [0.3, 0.4) is 0 Å². The highest BCUT2D eigenvalue weighted by Gasteiger charge is 2.23. The van der Waals surface area contributed by atoms with Gasteiger partial charge in [-0.05, 0) is 51.2 Å². The number of likely N-dealkylation sites (tertiary alicyclic amines) is 1. The fourth-order valence-corrected chi connectivity index (χ4v) is 3.64. The summed E-state index contributed by atoms with van der Waals surface area (Å²) in [6.07, 6.45) is 8.95. The van der Waals surface area contributed by atoms with Gasteiger partial charge in [0.05, 0.1) is 17.3 Å². The van der Waals surface area contributed by atoms with Crippen LogP contribution in [0.15, 0.2) is 43.0 Å². The zero-order valence-electron chi connectivity index (χ0n) is 15.8.